The van der Waals surface area contributed by atoms with Gasteiger partial charge in [0.2, 0.25) is 5.91 Å². The van der Waals surface area contributed by atoms with Crippen molar-refractivity contribution in [2.45, 2.75) is 26.2 Å². The normalized spacial score (nSPS) is 11.3. The summed E-state index contributed by atoms with van der Waals surface area (Å²) in [6, 6.07) is 23.2. The number of halogens is 3. The van der Waals surface area contributed by atoms with Crippen LogP contribution in [0.25, 0.3) is 33.5 Å². The SMILES string of the molecule is CCC(F)(F)c1ccc(NC(C)=O)c(-c2ccc(-c3ncccc3-c3ccccc3Cl)cc2)c1. The smallest absolute Gasteiger partial charge is 0.273 e. The van der Waals surface area contributed by atoms with Gasteiger partial charge in [-0.25, -0.2) is 8.78 Å². The fourth-order valence-electron chi connectivity index (χ4n) is 3.85. The molecule has 0 aliphatic rings. The molecule has 0 radical (unpaired) electrons. The standard InChI is InChI=1S/C28H23ClF2N2O/c1-3-28(30,31)21-14-15-26(33-18(2)34)24(17-21)19-10-12-20(13-11-19)27-23(8-6-16-32-27)22-7-4-5-9-25(22)29/h4-17H,3H2,1-2H3,(H,33,34). The second-order valence-corrected chi connectivity index (χ2v) is 8.36. The molecule has 0 aliphatic carbocycles. The van der Waals surface area contributed by atoms with Gasteiger partial charge in [0.05, 0.1) is 5.69 Å². The predicted octanol–water partition coefficient (Wildman–Crippen LogP) is 8.20. The number of carbonyl (C=O) groups is 1. The van der Waals surface area contributed by atoms with Gasteiger partial charge in [0, 0.05) is 58.1 Å². The molecule has 0 saturated carbocycles. The summed E-state index contributed by atoms with van der Waals surface area (Å²) in [5, 5.41) is 3.37. The summed E-state index contributed by atoms with van der Waals surface area (Å²) in [7, 11) is 0. The Morgan fingerprint density at radius 1 is 0.912 bits per heavy atom. The Labute approximate surface area is 202 Å². The van der Waals surface area contributed by atoms with Gasteiger partial charge in [-0.15, -0.1) is 0 Å². The summed E-state index contributed by atoms with van der Waals surface area (Å²) >= 11 is 6.42. The van der Waals surface area contributed by atoms with E-state index in [2.05, 4.69) is 10.3 Å². The van der Waals surface area contributed by atoms with Crippen molar-refractivity contribution < 1.29 is 13.6 Å². The number of nitrogens with zero attached hydrogens (tertiary/aromatic N) is 1. The summed E-state index contributed by atoms with van der Waals surface area (Å²) in [5.74, 6) is -3.23. The number of rotatable bonds is 6. The third-order valence-corrected chi connectivity index (χ3v) is 5.97. The van der Waals surface area contributed by atoms with Crippen LogP contribution in [-0.4, -0.2) is 10.9 Å². The highest BCUT2D eigenvalue weighted by Crippen LogP contribution is 2.39. The molecule has 0 spiro atoms. The largest absolute Gasteiger partial charge is 0.326 e. The fourth-order valence-corrected chi connectivity index (χ4v) is 4.09. The third-order valence-electron chi connectivity index (χ3n) is 5.64. The molecule has 1 amide bonds. The number of hydrogen-bond donors (Lipinski definition) is 1. The molecule has 1 aromatic heterocycles. The van der Waals surface area contributed by atoms with Crippen LogP contribution in [0.1, 0.15) is 25.8 Å². The van der Waals surface area contributed by atoms with Crippen molar-refractivity contribution in [3.63, 3.8) is 0 Å². The molecule has 34 heavy (non-hydrogen) atoms. The Balaban J connectivity index is 1.78. The van der Waals surface area contributed by atoms with Gasteiger partial charge >= 0.3 is 0 Å². The zero-order valence-corrected chi connectivity index (χ0v) is 19.5. The van der Waals surface area contributed by atoms with Gasteiger partial charge in [-0.05, 0) is 29.8 Å². The van der Waals surface area contributed by atoms with E-state index >= 15 is 0 Å². The van der Waals surface area contributed by atoms with Gasteiger partial charge in [-0.1, -0.05) is 73.1 Å². The van der Waals surface area contributed by atoms with Crippen molar-refractivity contribution >= 4 is 23.2 Å². The zero-order valence-electron chi connectivity index (χ0n) is 18.8. The molecule has 0 bridgehead atoms. The Hall–Kier alpha value is -3.57. The van der Waals surface area contributed by atoms with Crippen LogP contribution in [0, 0.1) is 0 Å². The first-order valence-corrected chi connectivity index (χ1v) is 11.3. The van der Waals surface area contributed by atoms with Crippen LogP contribution in [0.4, 0.5) is 14.5 Å². The van der Waals surface area contributed by atoms with Gasteiger partial charge in [-0.3, -0.25) is 9.78 Å². The summed E-state index contributed by atoms with van der Waals surface area (Å²) in [6.07, 6.45) is 1.41. The molecule has 0 aliphatic heterocycles. The Morgan fingerprint density at radius 3 is 2.26 bits per heavy atom. The van der Waals surface area contributed by atoms with Gasteiger partial charge in [0.15, 0.2) is 0 Å². The maximum atomic E-state index is 14.4. The fraction of sp³-hybridized carbons (Fsp3) is 0.143. The van der Waals surface area contributed by atoms with Crippen LogP contribution < -0.4 is 5.32 Å². The lowest BCUT2D eigenvalue weighted by Crippen LogP contribution is -2.13. The van der Waals surface area contributed by atoms with Crippen molar-refractivity contribution in [2.24, 2.45) is 0 Å². The van der Waals surface area contributed by atoms with Gasteiger partial charge in [0.25, 0.3) is 5.92 Å². The summed E-state index contributed by atoms with van der Waals surface area (Å²) in [6.45, 7) is 2.83. The van der Waals surface area contributed by atoms with E-state index in [1.165, 1.54) is 32.0 Å². The van der Waals surface area contributed by atoms with Gasteiger partial charge in [0.1, 0.15) is 0 Å². The molecule has 172 valence electrons. The minimum Gasteiger partial charge on any atom is -0.326 e. The predicted molar refractivity (Wildman–Crippen MR) is 134 cm³/mol. The van der Waals surface area contributed by atoms with Crippen molar-refractivity contribution in [3.05, 3.63) is 95.6 Å². The van der Waals surface area contributed by atoms with Crippen molar-refractivity contribution in [2.75, 3.05) is 5.32 Å². The molecule has 1 heterocycles. The van der Waals surface area contributed by atoms with E-state index in [1.54, 1.807) is 6.20 Å². The molecule has 4 aromatic rings. The number of alkyl halides is 2. The molecule has 1 N–H and O–H groups in total. The van der Waals surface area contributed by atoms with Crippen LogP contribution in [0.5, 0.6) is 0 Å². The highest BCUT2D eigenvalue weighted by molar-refractivity contribution is 6.33. The van der Waals surface area contributed by atoms with Crippen LogP contribution >= 0.6 is 11.6 Å². The van der Waals surface area contributed by atoms with Crippen LogP contribution in [-0.2, 0) is 10.7 Å². The molecule has 4 rings (SSSR count). The Morgan fingerprint density at radius 2 is 1.59 bits per heavy atom. The van der Waals surface area contributed by atoms with Crippen molar-refractivity contribution in [3.8, 4) is 33.5 Å². The topological polar surface area (TPSA) is 42.0 Å². The number of amides is 1. The maximum absolute atomic E-state index is 14.4. The number of nitrogens with one attached hydrogen (secondary N) is 1. The van der Waals surface area contributed by atoms with E-state index in [1.807, 2.05) is 60.7 Å². The Kier molecular flexibility index (Phi) is 6.75. The van der Waals surface area contributed by atoms with Crippen molar-refractivity contribution in [1.82, 2.24) is 4.98 Å². The molecule has 6 heteroatoms. The minimum atomic E-state index is -2.96. The molecule has 3 nitrogen and oxygen atoms in total. The van der Waals surface area contributed by atoms with E-state index in [0.717, 1.165) is 22.4 Å². The van der Waals surface area contributed by atoms with Crippen LogP contribution in [0.3, 0.4) is 0 Å². The second-order valence-electron chi connectivity index (χ2n) is 7.96. The third kappa shape index (κ3) is 4.85. The maximum Gasteiger partial charge on any atom is 0.273 e. The first-order chi connectivity index (χ1) is 16.3. The number of benzene rings is 3. The van der Waals surface area contributed by atoms with Gasteiger partial charge < -0.3 is 5.32 Å². The quantitative estimate of drug-likeness (QED) is 0.304. The monoisotopic (exact) mass is 476 g/mol. The lowest BCUT2D eigenvalue weighted by Gasteiger charge is -2.18. The first kappa shape index (κ1) is 23.6. The molecule has 0 unspecified atom stereocenters. The summed E-state index contributed by atoms with van der Waals surface area (Å²) in [5.41, 5.74) is 5.00. The lowest BCUT2D eigenvalue weighted by atomic mass is 9.94. The highest BCUT2D eigenvalue weighted by Gasteiger charge is 2.29. The Bertz CT molecular complexity index is 1340. The highest BCUT2D eigenvalue weighted by atomic mass is 35.5. The molecule has 3 aromatic carbocycles. The van der Waals surface area contributed by atoms with E-state index in [0.29, 0.717) is 21.8 Å². The zero-order chi connectivity index (χ0) is 24.3. The average Bonchev–Trinajstić information content (AvgIpc) is 2.84. The number of pyridine rings is 1. The summed E-state index contributed by atoms with van der Waals surface area (Å²) < 4.78 is 28.8. The van der Waals surface area contributed by atoms with E-state index in [-0.39, 0.29) is 17.9 Å². The van der Waals surface area contributed by atoms with Gasteiger partial charge in [-0.2, -0.15) is 0 Å². The lowest BCUT2D eigenvalue weighted by molar-refractivity contribution is -0.114. The van der Waals surface area contributed by atoms with Crippen molar-refractivity contribution in [1.29, 1.82) is 0 Å². The van der Waals surface area contributed by atoms with Crippen LogP contribution in [0.15, 0.2) is 85.1 Å². The number of carbonyl (C=O) groups excluding carboxylic acids is 1. The summed E-state index contributed by atoms with van der Waals surface area (Å²) in [4.78, 5) is 16.3. The molecule has 0 saturated heterocycles. The van der Waals surface area contributed by atoms with Crippen LogP contribution in [0.2, 0.25) is 5.02 Å². The number of anilines is 1. The average molecular weight is 477 g/mol. The molecular weight excluding hydrogens is 454 g/mol. The second kappa shape index (κ2) is 9.74. The van der Waals surface area contributed by atoms with E-state index < -0.39 is 5.92 Å². The molecule has 0 fully saturated rings. The number of hydrogen-bond acceptors (Lipinski definition) is 2. The number of aromatic nitrogens is 1. The van der Waals surface area contributed by atoms with E-state index in [4.69, 9.17) is 11.6 Å². The molecular formula is C28H23ClF2N2O. The molecule has 0 atom stereocenters. The minimum absolute atomic E-state index is 0.0890. The van der Waals surface area contributed by atoms with E-state index in [9.17, 15) is 13.6 Å². The first-order valence-electron chi connectivity index (χ1n) is 10.9.